The van der Waals surface area contributed by atoms with Crippen molar-refractivity contribution in [3.05, 3.63) is 35.9 Å². The first kappa shape index (κ1) is 24.1. The van der Waals surface area contributed by atoms with Crippen LogP contribution in [0.15, 0.2) is 30.3 Å². The summed E-state index contributed by atoms with van der Waals surface area (Å²) < 4.78 is 15.2. The van der Waals surface area contributed by atoms with Crippen molar-refractivity contribution in [1.82, 2.24) is 5.32 Å². The number of amides is 1. The molecule has 1 N–H and O–H groups in total. The van der Waals surface area contributed by atoms with Crippen LogP contribution in [-0.4, -0.2) is 42.1 Å². The number of nitrogens with one attached hydrogen (secondary N) is 1. The molecule has 1 aromatic carbocycles. The van der Waals surface area contributed by atoms with Gasteiger partial charge >= 0.3 is 18.0 Å². The Morgan fingerprint density at radius 1 is 1.03 bits per heavy atom. The number of carbonyl (C=O) groups is 4. The SMILES string of the molecule is CCOC(=O)CC(=O)CC[C@H](NC(=O)OCc1ccccc1)C(=O)OC(C)(C)C. The van der Waals surface area contributed by atoms with Crippen molar-refractivity contribution in [2.24, 2.45) is 0 Å². The summed E-state index contributed by atoms with van der Waals surface area (Å²) in [4.78, 5) is 47.8. The first-order valence-corrected chi connectivity index (χ1v) is 9.48. The Bertz CT molecular complexity index is 695. The van der Waals surface area contributed by atoms with E-state index in [1.54, 1.807) is 39.8 Å². The standard InChI is InChI=1S/C21H29NO7/c1-5-27-18(24)13-16(23)11-12-17(19(25)29-21(2,3)4)22-20(26)28-14-15-9-7-6-8-10-15/h6-10,17H,5,11-14H2,1-4H3,(H,22,26)/t17-/m0/s1. The third-order valence-electron chi connectivity index (χ3n) is 3.55. The van der Waals surface area contributed by atoms with E-state index in [1.807, 2.05) is 18.2 Å². The van der Waals surface area contributed by atoms with Crippen molar-refractivity contribution in [2.45, 2.75) is 65.2 Å². The number of Topliss-reactive ketones (excluding diaryl/α,β-unsaturated/α-hetero) is 1. The number of hydrogen-bond donors (Lipinski definition) is 1. The lowest BCUT2D eigenvalue weighted by atomic mass is 10.1. The molecule has 1 rings (SSSR count). The van der Waals surface area contributed by atoms with Crippen molar-refractivity contribution >= 4 is 23.8 Å². The largest absolute Gasteiger partial charge is 0.466 e. The average Bonchev–Trinajstić information content (AvgIpc) is 2.63. The lowest BCUT2D eigenvalue weighted by Gasteiger charge is -2.24. The molecule has 0 aliphatic carbocycles. The molecular weight excluding hydrogens is 378 g/mol. The van der Waals surface area contributed by atoms with E-state index in [-0.39, 0.29) is 32.5 Å². The van der Waals surface area contributed by atoms with Crippen molar-refractivity contribution in [1.29, 1.82) is 0 Å². The second-order valence-corrected chi connectivity index (χ2v) is 7.35. The van der Waals surface area contributed by atoms with Crippen LogP contribution >= 0.6 is 0 Å². The molecule has 0 aliphatic heterocycles. The van der Waals surface area contributed by atoms with E-state index < -0.39 is 35.5 Å². The molecule has 0 aliphatic rings. The van der Waals surface area contributed by atoms with Gasteiger partial charge in [-0.3, -0.25) is 9.59 Å². The fourth-order valence-corrected chi connectivity index (χ4v) is 2.30. The minimum atomic E-state index is -1.08. The number of ketones is 1. The number of ether oxygens (including phenoxy) is 3. The molecule has 0 spiro atoms. The second-order valence-electron chi connectivity index (χ2n) is 7.35. The molecule has 160 valence electrons. The number of alkyl carbamates (subject to hydrolysis) is 1. The molecule has 0 aromatic heterocycles. The van der Waals surface area contributed by atoms with Gasteiger partial charge in [-0.2, -0.15) is 0 Å². The van der Waals surface area contributed by atoms with E-state index in [1.165, 1.54) is 0 Å². The molecule has 8 heteroatoms. The summed E-state index contributed by atoms with van der Waals surface area (Å²) in [5.41, 5.74) is 0.0287. The van der Waals surface area contributed by atoms with E-state index in [4.69, 9.17) is 14.2 Å². The molecule has 0 saturated carbocycles. The fraction of sp³-hybridized carbons (Fsp3) is 0.524. The molecule has 0 radical (unpaired) electrons. The number of hydrogen-bond acceptors (Lipinski definition) is 7. The highest BCUT2D eigenvalue weighted by atomic mass is 16.6. The smallest absolute Gasteiger partial charge is 0.408 e. The van der Waals surface area contributed by atoms with Crippen LogP contribution in [0.25, 0.3) is 0 Å². The summed E-state index contributed by atoms with van der Waals surface area (Å²) in [7, 11) is 0. The first-order chi connectivity index (χ1) is 13.6. The summed E-state index contributed by atoms with van der Waals surface area (Å²) in [6, 6.07) is 7.99. The van der Waals surface area contributed by atoms with Gasteiger partial charge in [-0.05, 0) is 39.7 Å². The topological polar surface area (TPSA) is 108 Å². The Kier molecular flexibility index (Phi) is 9.85. The van der Waals surface area contributed by atoms with Crippen LogP contribution in [0, 0.1) is 0 Å². The van der Waals surface area contributed by atoms with Gasteiger partial charge in [0.05, 0.1) is 6.61 Å². The third-order valence-corrected chi connectivity index (χ3v) is 3.55. The number of rotatable bonds is 10. The summed E-state index contributed by atoms with van der Waals surface area (Å²) in [6.45, 7) is 6.95. The van der Waals surface area contributed by atoms with E-state index >= 15 is 0 Å². The summed E-state index contributed by atoms with van der Waals surface area (Å²) in [6.07, 6.45) is -1.30. The molecule has 29 heavy (non-hydrogen) atoms. The molecular formula is C21H29NO7. The van der Waals surface area contributed by atoms with Crippen molar-refractivity contribution in [3.8, 4) is 0 Å². The molecule has 0 bridgehead atoms. The number of carbonyl (C=O) groups excluding carboxylic acids is 4. The monoisotopic (exact) mass is 407 g/mol. The Labute approximate surface area is 170 Å². The molecule has 0 unspecified atom stereocenters. The Morgan fingerprint density at radius 2 is 1.69 bits per heavy atom. The van der Waals surface area contributed by atoms with Gasteiger partial charge in [0.2, 0.25) is 0 Å². The molecule has 0 fully saturated rings. The number of benzene rings is 1. The van der Waals surface area contributed by atoms with Gasteiger partial charge in [-0.25, -0.2) is 9.59 Å². The fourth-order valence-electron chi connectivity index (χ4n) is 2.30. The van der Waals surface area contributed by atoms with Gasteiger partial charge in [-0.1, -0.05) is 30.3 Å². The Hall–Kier alpha value is -2.90. The molecule has 0 saturated heterocycles. The summed E-state index contributed by atoms with van der Waals surface area (Å²) in [5, 5.41) is 2.44. The quantitative estimate of drug-likeness (QED) is 0.361. The van der Waals surface area contributed by atoms with Crippen LogP contribution < -0.4 is 5.32 Å². The maximum Gasteiger partial charge on any atom is 0.408 e. The van der Waals surface area contributed by atoms with Crippen molar-refractivity contribution in [3.63, 3.8) is 0 Å². The van der Waals surface area contributed by atoms with Gasteiger partial charge in [0.15, 0.2) is 0 Å². The lowest BCUT2D eigenvalue weighted by Crippen LogP contribution is -2.44. The summed E-state index contributed by atoms with van der Waals surface area (Å²) in [5.74, 6) is -1.70. The highest BCUT2D eigenvalue weighted by molar-refractivity contribution is 5.95. The van der Waals surface area contributed by atoms with E-state index in [0.29, 0.717) is 0 Å². The van der Waals surface area contributed by atoms with Gasteiger partial charge in [0.25, 0.3) is 0 Å². The molecule has 0 heterocycles. The van der Waals surface area contributed by atoms with Crippen LogP contribution in [0.4, 0.5) is 4.79 Å². The minimum Gasteiger partial charge on any atom is -0.466 e. The van der Waals surface area contributed by atoms with Crippen LogP contribution in [0.1, 0.15) is 52.5 Å². The van der Waals surface area contributed by atoms with Crippen molar-refractivity contribution in [2.75, 3.05) is 6.61 Å². The van der Waals surface area contributed by atoms with Crippen LogP contribution in [0.2, 0.25) is 0 Å². The van der Waals surface area contributed by atoms with E-state index in [2.05, 4.69) is 5.32 Å². The molecule has 1 amide bonds. The Balaban J connectivity index is 2.64. The first-order valence-electron chi connectivity index (χ1n) is 9.48. The lowest BCUT2D eigenvalue weighted by molar-refractivity contribution is -0.157. The zero-order chi connectivity index (χ0) is 21.9. The van der Waals surface area contributed by atoms with E-state index in [0.717, 1.165) is 5.56 Å². The van der Waals surface area contributed by atoms with Crippen LogP contribution in [0.3, 0.4) is 0 Å². The van der Waals surface area contributed by atoms with Gasteiger partial charge < -0.3 is 19.5 Å². The minimum absolute atomic E-state index is 0.0202. The highest BCUT2D eigenvalue weighted by Gasteiger charge is 2.28. The number of esters is 2. The Morgan fingerprint density at radius 3 is 2.28 bits per heavy atom. The molecule has 8 nitrogen and oxygen atoms in total. The van der Waals surface area contributed by atoms with Gasteiger partial charge in [-0.15, -0.1) is 0 Å². The predicted octanol–water partition coefficient (Wildman–Crippen LogP) is 2.93. The second kappa shape index (κ2) is 11.8. The third kappa shape index (κ3) is 10.9. The normalized spacial score (nSPS) is 11.9. The van der Waals surface area contributed by atoms with E-state index in [9.17, 15) is 19.2 Å². The average molecular weight is 407 g/mol. The predicted molar refractivity (Wildman–Crippen MR) is 105 cm³/mol. The van der Waals surface area contributed by atoms with Crippen LogP contribution in [-0.2, 0) is 35.2 Å². The highest BCUT2D eigenvalue weighted by Crippen LogP contribution is 2.12. The summed E-state index contributed by atoms with van der Waals surface area (Å²) >= 11 is 0. The zero-order valence-electron chi connectivity index (χ0n) is 17.4. The maximum absolute atomic E-state index is 12.4. The molecule has 1 atom stereocenters. The van der Waals surface area contributed by atoms with Gasteiger partial charge in [0, 0.05) is 6.42 Å². The molecule has 1 aromatic rings. The van der Waals surface area contributed by atoms with Crippen LogP contribution in [0.5, 0.6) is 0 Å². The zero-order valence-corrected chi connectivity index (χ0v) is 17.4. The van der Waals surface area contributed by atoms with Crippen molar-refractivity contribution < 1.29 is 33.4 Å². The van der Waals surface area contributed by atoms with Gasteiger partial charge in [0.1, 0.15) is 30.5 Å². The maximum atomic E-state index is 12.4.